The molecule has 0 aromatic heterocycles. The molecule has 7 amide bonds. The van der Waals surface area contributed by atoms with Gasteiger partial charge in [0.25, 0.3) is 0 Å². The van der Waals surface area contributed by atoms with Crippen LogP contribution in [-0.2, 0) is 52.6 Å². The number of imide groups is 1. The number of nitrogens with zero attached hydrogens (tertiary/aromatic N) is 5. The summed E-state index contributed by atoms with van der Waals surface area (Å²) >= 11 is 1.39. The molecule has 0 bridgehead atoms. The smallest absolute Gasteiger partial charge is 0.306 e. The third-order valence-electron chi connectivity index (χ3n) is 16.4. The summed E-state index contributed by atoms with van der Waals surface area (Å²) in [6.07, 6.45) is 5.59. The van der Waals surface area contributed by atoms with E-state index in [1.807, 2.05) is 127 Å². The molecule has 2 aliphatic heterocycles. The van der Waals surface area contributed by atoms with Crippen molar-refractivity contribution >= 4 is 64.8 Å². The molecule has 462 valence electrons. The van der Waals surface area contributed by atoms with E-state index < -0.39 is 60.4 Å². The first kappa shape index (κ1) is 69.8. The predicted octanol–water partition coefficient (Wildman–Crippen LogP) is 7.55. The summed E-state index contributed by atoms with van der Waals surface area (Å²) in [5.74, 6) is -2.95. The second-order valence-electron chi connectivity index (χ2n) is 23.4. The number of esters is 1. The molecule has 0 radical (unpaired) electrons. The van der Waals surface area contributed by atoms with Crippen LogP contribution in [0.5, 0.6) is 0 Å². The van der Waals surface area contributed by atoms with Crippen molar-refractivity contribution in [1.82, 2.24) is 35.7 Å². The number of nitrogens with one attached hydrogen (secondary N) is 3. The molecule has 4 rings (SSSR count). The van der Waals surface area contributed by atoms with Gasteiger partial charge in [-0.1, -0.05) is 122 Å². The van der Waals surface area contributed by atoms with Gasteiger partial charge in [-0.05, 0) is 101 Å². The lowest BCUT2D eigenvalue weighted by Gasteiger charge is -2.41. The Hall–Kier alpha value is -5.70. The Kier molecular flexibility index (Phi) is 29.4. The maximum absolute atomic E-state index is 14.6. The highest BCUT2D eigenvalue weighted by Gasteiger charge is 2.44. The number of methoxy groups -OCH3 is 2. The van der Waals surface area contributed by atoms with Gasteiger partial charge in [0, 0.05) is 53.6 Å². The number of hydrazone groups is 1. The van der Waals surface area contributed by atoms with Gasteiger partial charge in [0.2, 0.25) is 41.4 Å². The Labute approximate surface area is 498 Å². The van der Waals surface area contributed by atoms with E-state index in [9.17, 15) is 38.4 Å². The summed E-state index contributed by atoms with van der Waals surface area (Å²) < 4.78 is 18.3. The summed E-state index contributed by atoms with van der Waals surface area (Å²) in [6, 6.07) is 15.9. The molecule has 2 aromatic carbocycles. The number of carbonyl (C=O) groups is 8. The molecular weight excluding hydrogens is 1080 g/mol. The molecule has 0 aliphatic carbocycles. The maximum atomic E-state index is 14.6. The van der Waals surface area contributed by atoms with Gasteiger partial charge in [-0.15, -0.1) is 0 Å². The van der Waals surface area contributed by atoms with Crippen LogP contribution in [0, 0.1) is 23.7 Å². The Morgan fingerprint density at radius 1 is 0.783 bits per heavy atom. The van der Waals surface area contributed by atoms with Crippen LogP contribution >= 0.6 is 11.8 Å². The summed E-state index contributed by atoms with van der Waals surface area (Å²) in [6.45, 7) is 16.2. The molecule has 19 nitrogen and oxygen atoms in total. The minimum atomic E-state index is -0.823. The monoisotopic (exact) mass is 1170 g/mol. The summed E-state index contributed by atoms with van der Waals surface area (Å²) in [5, 5.41) is 10.3. The predicted molar refractivity (Wildman–Crippen MR) is 325 cm³/mol. The second-order valence-corrected chi connectivity index (χ2v) is 24.4. The normalized spacial score (nSPS) is 19.0. The fourth-order valence-corrected chi connectivity index (χ4v) is 12.2. The molecule has 20 heteroatoms. The van der Waals surface area contributed by atoms with Crippen LogP contribution < -0.4 is 16.1 Å². The quantitative estimate of drug-likeness (QED) is 0.0200. The molecule has 2 heterocycles. The highest BCUT2D eigenvalue weighted by molar-refractivity contribution is 8.00. The lowest BCUT2D eigenvalue weighted by molar-refractivity contribution is -0.152. The first-order valence-corrected chi connectivity index (χ1v) is 31.2. The third-order valence-corrected chi connectivity index (χ3v) is 17.3. The Bertz CT molecular complexity index is 2440. The van der Waals surface area contributed by atoms with Crippen LogP contribution in [0.2, 0.25) is 0 Å². The van der Waals surface area contributed by atoms with Crippen molar-refractivity contribution in [3.63, 3.8) is 0 Å². The van der Waals surface area contributed by atoms with Crippen LogP contribution in [0.15, 0.2) is 65.8 Å². The van der Waals surface area contributed by atoms with Crippen molar-refractivity contribution in [2.45, 2.75) is 193 Å². The van der Waals surface area contributed by atoms with Crippen molar-refractivity contribution in [2.24, 2.45) is 28.8 Å². The number of hydrogen-bond acceptors (Lipinski definition) is 14. The van der Waals surface area contributed by atoms with Crippen LogP contribution in [0.4, 0.5) is 0 Å². The Morgan fingerprint density at radius 2 is 1.42 bits per heavy atom. The van der Waals surface area contributed by atoms with Crippen molar-refractivity contribution in [2.75, 3.05) is 54.7 Å². The molecule has 0 saturated carbocycles. The molecular formula is C63H98N8O11S. The second kappa shape index (κ2) is 34.9. The van der Waals surface area contributed by atoms with Crippen LogP contribution in [0.1, 0.15) is 156 Å². The number of unbranched alkanes of at least 4 members (excludes halogenated alkanes) is 3. The average Bonchev–Trinajstić information content (AvgIpc) is 4.30. The van der Waals surface area contributed by atoms with Gasteiger partial charge in [0.05, 0.1) is 59.7 Å². The topological polar surface area (TPSA) is 226 Å². The minimum Gasteiger partial charge on any atom is -0.455 e. The van der Waals surface area contributed by atoms with E-state index >= 15 is 0 Å². The van der Waals surface area contributed by atoms with Crippen molar-refractivity contribution in [3.8, 4) is 0 Å². The number of amides is 7. The van der Waals surface area contributed by atoms with E-state index in [2.05, 4.69) is 21.2 Å². The summed E-state index contributed by atoms with van der Waals surface area (Å²) in [4.78, 5) is 115. The highest BCUT2D eigenvalue weighted by Crippen LogP contribution is 2.31. The fourth-order valence-electron chi connectivity index (χ4n) is 11.6. The van der Waals surface area contributed by atoms with Crippen molar-refractivity contribution in [1.29, 1.82) is 0 Å². The molecule has 2 aliphatic rings. The van der Waals surface area contributed by atoms with Crippen molar-refractivity contribution in [3.05, 3.63) is 71.8 Å². The Balaban J connectivity index is 1.37. The van der Waals surface area contributed by atoms with E-state index in [0.717, 1.165) is 5.56 Å². The standard InChI is InChI=1S/C63H98N8O11S/c1-15-42(6)57(69(11)63(79)55(40(2)3)65-61(77)56(41(4)5)68(9)10)49(80-12)38-52(73)70-37-27-33-48(70)58(81-13)43(7)60(76)64-44(8)59(46-30-21-17-22-31-46)82-54(75)35-25-24-32-47(45-28-19-16-20-29-45)66-67-51(72)34-23-18-26-36-71-53(74)39-50(83-14)62(71)78/h16-17,19-22,28-31,40-44,48-50,55-59H,15,18,23-27,32-39H2,1-14H3,(H,64,76)(H,65,77)(H,67,72)/b66-47+/t42-,43+,44+,48-,49+,50?,55-,56-,57-,58+,59+/m0/s1. The largest absolute Gasteiger partial charge is 0.455 e. The molecule has 2 saturated heterocycles. The minimum absolute atomic E-state index is 0.0151. The number of hydrogen-bond donors (Lipinski definition) is 3. The van der Waals surface area contributed by atoms with E-state index in [-0.39, 0.29) is 90.0 Å². The zero-order valence-corrected chi connectivity index (χ0v) is 52.8. The molecule has 1 unspecified atom stereocenters. The molecule has 2 fully saturated rings. The SMILES string of the molecule is CC[C@H](C)[C@@H]([C@@H](CC(=O)N1CCC[C@H]1[C@H](OC)[C@@H](C)C(=O)N[C@H](C)[C@@H](OC(=O)CCCC/C(=N\NC(=O)CCCCCN1C(=O)CC(SC)C1=O)c1ccccc1)c1ccccc1)OC)N(C)C(=O)[C@@H](NC(=O)[C@H](C(C)C)N(C)C)C(C)C. The van der Waals surface area contributed by atoms with Crippen LogP contribution in [-0.4, -0.2) is 175 Å². The van der Waals surface area contributed by atoms with Crippen LogP contribution in [0.3, 0.4) is 0 Å². The molecule has 3 N–H and O–H groups in total. The summed E-state index contributed by atoms with van der Waals surface area (Å²) in [5.41, 5.74) is 4.91. The van der Waals surface area contributed by atoms with E-state index in [1.54, 1.807) is 44.9 Å². The van der Waals surface area contributed by atoms with Gasteiger partial charge >= 0.3 is 5.97 Å². The zero-order valence-electron chi connectivity index (χ0n) is 52.0. The summed E-state index contributed by atoms with van der Waals surface area (Å²) in [7, 11) is 8.51. The maximum Gasteiger partial charge on any atom is 0.306 e. The molecule has 2 aromatic rings. The van der Waals surface area contributed by atoms with Gasteiger partial charge in [0.15, 0.2) is 0 Å². The Morgan fingerprint density at radius 3 is 2.00 bits per heavy atom. The number of carbonyl (C=O) groups excluding carboxylic acids is 8. The fraction of sp³-hybridized carbons (Fsp3) is 0.667. The average molecular weight is 1180 g/mol. The van der Waals surface area contributed by atoms with Gasteiger partial charge in [-0.25, -0.2) is 5.43 Å². The lowest BCUT2D eigenvalue weighted by atomic mass is 9.89. The number of likely N-dealkylation sites (N-methyl/N-ethyl adjacent to an activating group) is 2. The highest BCUT2D eigenvalue weighted by atomic mass is 32.2. The number of ether oxygens (including phenoxy) is 3. The first-order chi connectivity index (χ1) is 39.5. The van der Waals surface area contributed by atoms with Gasteiger partial charge < -0.3 is 34.6 Å². The molecule has 11 atom stereocenters. The number of rotatable bonds is 35. The third kappa shape index (κ3) is 20.2. The first-order valence-electron chi connectivity index (χ1n) is 29.9. The van der Waals surface area contributed by atoms with E-state index in [0.29, 0.717) is 82.2 Å². The zero-order chi connectivity index (χ0) is 61.5. The number of likely N-dealkylation sites (tertiary alicyclic amines) is 2. The van der Waals surface area contributed by atoms with Gasteiger partial charge in [0.1, 0.15) is 12.1 Å². The van der Waals surface area contributed by atoms with E-state index in [4.69, 9.17) is 14.2 Å². The van der Waals surface area contributed by atoms with Crippen molar-refractivity contribution < 1.29 is 52.6 Å². The van der Waals surface area contributed by atoms with Crippen LogP contribution in [0.25, 0.3) is 0 Å². The lowest BCUT2D eigenvalue weighted by Crippen LogP contribution is -2.59. The number of benzene rings is 2. The molecule has 83 heavy (non-hydrogen) atoms. The molecule has 0 spiro atoms. The van der Waals surface area contributed by atoms with Gasteiger partial charge in [-0.3, -0.25) is 48.2 Å². The van der Waals surface area contributed by atoms with Gasteiger partial charge in [-0.2, -0.15) is 16.9 Å². The van der Waals surface area contributed by atoms with E-state index in [1.165, 1.54) is 16.7 Å². The number of thioether (sulfide) groups is 1.